The first kappa shape index (κ1) is 13.9. The predicted molar refractivity (Wildman–Crippen MR) is 79.3 cm³/mol. The summed E-state index contributed by atoms with van der Waals surface area (Å²) >= 11 is 5.93. The van der Waals surface area contributed by atoms with Gasteiger partial charge in [-0.15, -0.1) is 0 Å². The molecular weight excluding hydrogens is 292 g/mol. The van der Waals surface area contributed by atoms with E-state index in [4.69, 9.17) is 16.3 Å². The summed E-state index contributed by atoms with van der Waals surface area (Å²) in [4.78, 5) is 26.7. The van der Waals surface area contributed by atoms with Gasteiger partial charge in [-0.3, -0.25) is 9.59 Å². The Bertz CT molecular complexity index is 710. The number of carbonyl (C=O) groups excluding carboxylic acids is 2. The van der Waals surface area contributed by atoms with Crippen molar-refractivity contribution in [2.45, 2.75) is 19.4 Å². The number of esters is 1. The fourth-order valence-corrected chi connectivity index (χ4v) is 2.63. The van der Waals surface area contributed by atoms with Gasteiger partial charge in [-0.05, 0) is 24.3 Å². The first-order valence-corrected chi connectivity index (χ1v) is 7.15. The third-order valence-electron chi connectivity index (χ3n) is 3.72. The molecule has 5 nitrogen and oxygen atoms in total. The van der Waals surface area contributed by atoms with Gasteiger partial charge in [0.1, 0.15) is 5.69 Å². The van der Waals surface area contributed by atoms with Crippen LogP contribution in [-0.2, 0) is 9.53 Å². The van der Waals surface area contributed by atoms with Crippen molar-refractivity contribution in [2.75, 3.05) is 6.61 Å². The second-order valence-corrected chi connectivity index (χ2v) is 5.80. The quantitative estimate of drug-likeness (QED) is 0.837. The summed E-state index contributed by atoms with van der Waals surface area (Å²) < 4.78 is 4.96. The number of amides is 1. The number of benzene rings is 1. The predicted octanol–water partition coefficient (Wildman–Crippen LogP) is 2.50. The molecule has 0 radical (unpaired) electrons. The van der Waals surface area contributed by atoms with Crippen LogP contribution in [-0.4, -0.2) is 29.5 Å². The molecule has 1 aromatic carbocycles. The van der Waals surface area contributed by atoms with Crippen LogP contribution in [0.25, 0.3) is 10.9 Å². The maximum Gasteiger partial charge on any atom is 0.307 e. The van der Waals surface area contributed by atoms with Gasteiger partial charge in [0.2, 0.25) is 0 Å². The van der Waals surface area contributed by atoms with Gasteiger partial charge in [0.05, 0.1) is 13.0 Å². The van der Waals surface area contributed by atoms with Crippen LogP contribution in [0.4, 0.5) is 0 Å². The number of rotatable bonds is 2. The van der Waals surface area contributed by atoms with Crippen LogP contribution in [0.2, 0.25) is 5.02 Å². The topological polar surface area (TPSA) is 71.2 Å². The summed E-state index contributed by atoms with van der Waals surface area (Å²) in [6, 6.07) is 6.94. The summed E-state index contributed by atoms with van der Waals surface area (Å²) in [6.07, 6.45) is 0.207. The van der Waals surface area contributed by atoms with Crippen LogP contribution in [0, 0.1) is 5.92 Å². The average molecular weight is 307 g/mol. The molecular formula is C15H15ClN2O3. The molecule has 1 aliphatic rings. The minimum absolute atomic E-state index is 0.102. The summed E-state index contributed by atoms with van der Waals surface area (Å²) in [5.41, 5.74) is 1.30. The molecule has 3 rings (SSSR count). The number of aromatic amines is 1. The van der Waals surface area contributed by atoms with Gasteiger partial charge in [-0.25, -0.2) is 0 Å². The molecule has 6 heteroatoms. The number of carbonyl (C=O) groups is 2. The van der Waals surface area contributed by atoms with Gasteiger partial charge in [0, 0.05) is 27.9 Å². The van der Waals surface area contributed by atoms with E-state index in [1.54, 1.807) is 18.2 Å². The normalized spacial score (nSPS) is 22.1. The van der Waals surface area contributed by atoms with Crippen molar-refractivity contribution in [1.29, 1.82) is 0 Å². The molecule has 0 saturated carbocycles. The second-order valence-electron chi connectivity index (χ2n) is 5.36. The van der Waals surface area contributed by atoms with Crippen LogP contribution in [0.3, 0.4) is 0 Å². The molecule has 1 aliphatic heterocycles. The molecule has 0 unspecified atom stereocenters. The molecule has 2 atom stereocenters. The summed E-state index contributed by atoms with van der Waals surface area (Å²) in [5.74, 6) is -0.402. The van der Waals surface area contributed by atoms with Gasteiger partial charge in [-0.2, -0.15) is 0 Å². The van der Waals surface area contributed by atoms with Gasteiger partial charge in [0.15, 0.2) is 0 Å². The van der Waals surface area contributed by atoms with Crippen molar-refractivity contribution >= 4 is 34.4 Å². The number of nitrogens with one attached hydrogen (secondary N) is 2. The highest BCUT2D eigenvalue weighted by molar-refractivity contribution is 6.31. The number of ether oxygens (including phenoxy) is 1. The first-order valence-electron chi connectivity index (χ1n) is 6.77. The third-order valence-corrected chi connectivity index (χ3v) is 3.96. The molecule has 1 aromatic heterocycles. The Morgan fingerprint density at radius 2 is 2.24 bits per heavy atom. The lowest BCUT2D eigenvalue weighted by Crippen LogP contribution is -2.46. The van der Waals surface area contributed by atoms with E-state index < -0.39 is 0 Å². The third kappa shape index (κ3) is 2.88. The van der Waals surface area contributed by atoms with Crippen LogP contribution in [0.15, 0.2) is 24.3 Å². The number of H-pyrrole nitrogens is 1. The summed E-state index contributed by atoms with van der Waals surface area (Å²) in [6.45, 7) is 2.29. The minimum Gasteiger partial charge on any atom is -0.465 e. The number of hydrogen-bond donors (Lipinski definition) is 2. The standard InChI is InChI=1S/C15H15ClN2O3/c1-8-7-21-14(19)6-12(8)18-15(20)13-5-9-4-10(16)2-3-11(9)17-13/h2-5,8,12,17H,6-7H2,1H3,(H,18,20)/t8-,12-/m0/s1. The van der Waals surface area contributed by atoms with Crippen molar-refractivity contribution in [3.8, 4) is 0 Å². The lowest BCUT2D eigenvalue weighted by molar-refractivity contribution is -0.150. The Hall–Kier alpha value is -2.01. The molecule has 1 saturated heterocycles. The molecule has 1 amide bonds. The maximum absolute atomic E-state index is 12.3. The van der Waals surface area contributed by atoms with E-state index in [9.17, 15) is 9.59 Å². The van der Waals surface area contributed by atoms with Crippen LogP contribution in [0.5, 0.6) is 0 Å². The van der Waals surface area contributed by atoms with E-state index in [1.165, 1.54) is 0 Å². The number of cyclic esters (lactones) is 1. The monoisotopic (exact) mass is 306 g/mol. The fourth-order valence-electron chi connectivity index (χ4n) is 2.45. The highest BCUT2D eigenvalue weighted by Crippen LogP contribution is 2.21. The van der Waals surface area contributed by atoms with E-state index >= 15 is 0 Å². The molecule has 2 aromatic rings. The molecule has 0 bridgehead atoms. The molecule has 1 fully saturated rings. The van der Waals surface area contributed by atoms with Crippen molar-refractivity contribution in [3.63, 3.8) is 0 Å². The Labute approximate surface area is 126 Å². The molecule has 0 aliphatic carbocycles. The Kier molecular flexibility index (Phi) is 3.59. The van der Waals surface area contributed by atoms with E-state index in [2.05, 4.69) is 10.3 Å². The van der Waals surface area contributed by atoms with E-state index in [0.29, 0.717) is 17.3 Å². The number of hydrogen-bond acceptors (Lipinski definition) is 3. The van der Waals surface area contributed by atoms with Crippen LogP contribution in [0.1, 0.15) is 23.8 Å². The number of aromatic nitrogens is 1. The zero-order chi connectivity index (χ0) is 15.0. The first-order chi connectivity index (χ1) is 10.0. The molecule has 21 heavy (non-hydrogen) atoms. The average Bonchev–Trinajstić information content (AvgIpc) is 2.86. The summed E-state index contributed by atoms with van der Waals surface area (Å²) in [7, 11) is 0. The largest absolute Gasteiger partial charge is 0.465 e. The Balaban J connectivity index is 1.78. The number of halogens is 1. The van der Waals surface area contributed by atoms with E-state index in [0.717, 1.165) is 10.9 Å². The smallest absolute Gasteiger partial charge is 0.307 e. The lowest BCUT2D eigenvalue weighted by Gasteiger charge is -2.28. The zero-order valence-corrected chi connectivity index (χ0v) is 12.2. The van der Waals surface area contributed by atoms with Gasteiger partial charge >= 0.3 is 5.97 Å². The van der Waals surface area contributed by atoms with Crippen molar-refractivity contribution in [3.05, 3.63) is 35.0 Å². The SMILES string of the molecule is C[C@H]1COC(=O)C[C@@H]1NC(=O)c1cc2cc(Cl)ccc2[nH]1. The van der Waals surface area contributed by atoms with E-state index in [1.807, 2.05) is 13.0 Å². The van der Waals surface area contributed by atoms with Crippen LogP contribution < -0.4 is 5.32 Å². The Morgan fingerprint density at radius 3 is 3.05 bits per heavy atom. The van der Waals surface area contributed by atoms with Gasteiger partial charge in [-0.1, -0.05) is 18.5 Å². The highest BCUT2D eigenvalue weighted by atomic mass is 35.5. The Morgan fingerprint density at radius 1 is 1.43 bits per heavy atom. The van der Waals surface area contributed by atoms with Gasteiger partial charge in [0.25, 0.3) is 5.91 Å². The highest BCUT2D eigenvalue weighted by Gasteiger charge is 2.29. The van der Waals surface area contributed by atoms with Crippen molar-refractivity contribution < 1.29 is 14.3 Å². The van der Waals surface area contributed by atoms with Crippen LogP contribution >= 0.6 is 11.6 Å². The molecule has 2 N–H and O–H groups in total. The van der Waals surface area contributed by atoms with Crippen molar-refractivity contribution in [1.82, 2.24) is 10.3 Å². The van der Waals surface area contributed by atoms with Gasteiger partial charge < -0.3 is 15.0 Å². The number of fused-ring (bicyclic) bond motifs is 1. The van der Waals surface area contributed by atoms with Crippen molar-refractivity contribution in [2.24, 2.45) is 5.92 Å². The fraction of sp³-hybridized carbons (Fsp3) is 0.333. The molecule has 0 spiro atoms. The van der Waals surface area contributed by atoms with E-state index in [-0.39, 0.29) is 30.3 Å². The zero-order valence-electron chi connectivity index (χ0n) is 11.5. The molecule has 2 heterocycles. The maximum atomic E-state index is 12.3. The lowest BCUT2D eigenvalue weighted by atomic mass is 9.97. The molecule has 110 valence electrons. The second kappa shape index (κ2) is 5.41. The summed E-state index contributed by atoms with van der Waals surface area (Å²) in [5, 5.41) is 4.39. The minimum atomic E-state index is -0.276.